The van der Waals surface area contributed by atoms with Crippen LogP contribution >= 0.6 is 11.3 Å². The van der Waals surface area contributed by atoms with Crippen molar-refractivity contribution in [2.75, 3.05) is 10.2 Å². The third kappa shape index (κ3) is 4.45. The molecule has 170 valence electrons. The molecule has 1 N–H and O–H groups in total. The fraction of sp³-hybridized carbons (Fsp3) is 0.143. The molecular weight excluding hydrogens is 438 g/mol. The van der Waals surface area contributed by atoms with E-state index in [2.05, 4.69) is 102 Å². The first-order chi connectivity index (χ1) is 16.6. The molecule has 2 aromatic heterocycles. The number of para-hydroxylation sites is 2. The number of rotatable bonds is 7. The lowest BCUT2D eigenvalue weighted by atomic mass is 10.2. The fourth-order valence-corrected chi connectivity index (χ4v) is 4.84. The van der Waals surface area contributed by atoms with Crippen LogP contribution in [0.5, 0.6) is 0 Å². The van der Waals surface area contributed by atoms with Gasteiger partial charge in [0.2, 0.25) is 0 Å². The van der Waals surface area contributed by atoms with E-state index in [1.54, 1.807) is 11.3 Å². The maximum atomic E-state index is 4.82. The molecule has 0 aliphatic rings. The van der Waals surface area contributed by atoms with Gasteiger partial charge < -0.3 is 10.2 Å². The van der Waals surface area contributed by atoms with Crippen LogP contribution in [0.4, 0.5) is 22.2 Å². The quantitative estimate of drug-likeness (QED) is 0.269. The van der Waals surface area contributed by atoms with Gasteiger partial charge in [-0.3, -0.25) is 0 Å². The highest BCUT2D eigenvalue weighted by Crippen LogP contribution is 2.32. The summed E-state index contributed by atoms with van der Waals surface area (Å²) in [6.07, 6.45) is 1.89. The largest absolute Gasteiger partial charge is 0.339 e. The van der Waals surface area contributed by atoms with Gasteiger partial charge in [0.15, 0.2) is 5.13 Å². The standard InChI is InChI=1S/C28H27N5S/c1-20(2)32(23-10-6-4-7-11-23)24-16-14-22(15-17-24)30-28-31-27(19-34-28)26-18-29-33(21(26)3)25-12-8-5-9-13-25/h4-20H,1-3H3,(H,30,31). The Morgan fingerprint density at radius 2 is 1.50 bits per heavy atom. The van der Waals surface area contributed by atoms with Crippen LogP contribution in [-0.2, 0) is 0 Å². The van der Waals surface area contributed by atoms with E-state index in [-0.39, 0.29) is 0 Å². The second kappa shape index (κ2) is 9.53. The highest BCUT2D eigenvalue weighted by atomic mass is 32.1. The van der Waals surface area contributed by atoms with Crippen LogP contribution in [0.3, 0.4) is 0 Å². The predicted octanol–water partition coefficient (Wildman–Crippen LogP) is 7.59. The van der Waals surface area contributed by atoms with Gasteiger partial charge in [0.05, 0.1) is 23.3 Å². The number of hydrogen-bond acceptors (Lipinski definition) is 5. The maximum Gasteiger partial charge on any atom is 0.187 e. The SMILES string of the molecule is Cc1c(-c2csc(Nc3ccc(N(c4ccccc4)C(C)C)cc3)n2)cnn1-c1ccccc1. The van der Waals surface area contributed by atoms with E-state index in [1.165, 1.54) is 5.69 Å². The zero-order valence-electron chi connectivity index (χ0n) is 19.5. The number of benzene rings is 3. The van der Waals surface area contributed by atoms with E-state index < -0.39 is 0 Å². The molecule has 5 aromatic rings. The molecule has 0 radical (unpaired) electrons. The summed E-state index contributed by atoms with van der Waals surface area (Å²) < 4.78 is 1.95. The van der Waals surface area contributed by atoms with Crippen LogP contribution in [0.2, 0.25) is 0 Å². The predicted molar refractivity (Wildman–Crippen MR) is 143 cm³/mol. The number of hydrogen-bond donors (Lipinski definition) is 1. The molecule has 5 nitrogen and oxygen atoms in total. The third-order valence-electron chi connectivity index (χ3n) is 5.74. The molecule has 0 unspecified atom stereocenters. The summed E-state index contributed by atoms with van der Waals surface area (Å²) >= 11 is 1.60. The van der Waals surface area contributed by atoms with Gasteiger partial charge in [0.25, 0.3) is 0 Å². The van der Waals surface area contributed by atoms with E-state index >= 15 is 0 Å². The zero-order chi connectivity index (χ0) is 23.5. The monoisotopic (exact) mass is 465 g/mol. The van der Waals surface area contributed by atoms with Gasteiger partial charge in [-0.25, -0.2) is 9.67 Å². The van der Waals surface area contributed by atoms with Crippen molar-refractivity contribution in [2.24, 2.45) is 0 Å². The normalized spacial score (nSPS) is 11.1. The minimum atomic E-state index is 0.350. The summed E-state index contributed by atoms with van der Waals surface area (Å²) in [5.41, 5.74) is 7.45. The molecule has 0 aliphatic carbocycles. The molecule has 0 saturated heterocycles. The van der Waals surface area contributed by atoms with Crippen molar-refractivity contribution in [1.82, 2.24) is 14.8 Å². The van der Waals surface area contributed by atoms with Crippen LogP contribution in [0, 0.1) is 6.92 Å². The van der Waals surface area contributed by atoms with Crippen molar-refractivity contribution in [3.63, 3.8) is 0 Å². The number of nitrogens with zero attached hydrogens (tertiary/aromatic N) is 4. The highest BCUT2D eigenvalue weighted by molar-refractivity contribution is 7.14. The van der Waals surface area contributed by atoms with Gasteiger partial charge >= 0.3 is 0 Å². The van der Waals surface area contributed by atoms with Crippen molar-refractivity contribution in [1.29, 1.82) is 0 Å². The molecule has 0 atom stereocenters. The first-order valence-corrected chi connectivity index (χ1v) is 12.3. The number of nitrogens with one attached hydrogen (secondary N) is 1. The molecular formula is C28H27N5S. The van der Waals surface area contributed by atoms with Crippen LogP contribution in [0.15, 0.2) is 96.5 Å². The summed E-state index contributed by atoms with van der Waals surface area (Å²) in [6, 6.07) is 29.5. The van der Waals surface area contributed by atoms with E-state index in [9.17, 15) is 0 Å². The molecule has 6 heteroatoms. The van der Waals surface area contributed by atoms with Crippen LogP contribution in [0.25, 0.3) is 16.9 Å². The Morgan fingerprint density at radius 1 is 0.853 bits per heavy atom. The second-order valence-electron chi connectivity index (χ2n) is 8.40. The topological polar surface area (TPSA) is 46.0 Å². The van der Waals surface area contributed by atoms with Crippen molar-refractivity contribution >= 4 is 33.5 Å². The number of aromatic nitrogens is 3. The van der Waals surface area contributed by atoms with Gasteiger partial charge in [-0.2, -0.15) is 5.10 Å². The lowest BCUT2D eigenvalue weighted by Crippen LogP contribution is -2.25. The molecule has 0 bridgehead atoms. The van der Waals surface area contributed by atoms with Gasteiger partial charge in [-0.1, -0.05) is 36.4 Å². The molecule has 0 amide bonds. The van der Waals surface area contributed by atoms with Gasteiger partial charge in [0.1, 0.15) is 0 Å². The average Bonchev–Trinajstić information content (AvgIpc) is 3.47. The van der Waals surface area contributed by atoms with Gasteiger partial charge in [-0.05, 0) is 69.3 Å². The van der Waals surface area contributed by atoms with Gasteiger partial charge in [0, 0.05) is 34.0 Å². The molecule has 2 heterocycles. The maximum absolute atomic E-state index is 4.82. The number of anilines is 4. The lowest BCUT2D eigenvalue weighted by molar-refractivity contribution is 0.789. The fourth-order valence-electron chi connectivity index (χ4n) is 4.11. The molecule has 34 heavy (non-hydrogen) atoms. The summed E-state index contributed by atoms with van der Waals surface area (Å²) in [7, 11) is 0. The average molecular weight is 466 g/mol. The van der Waals surface area contributed by atoms with E-state index in [4.69, 9.17) is 4.98 Å². The van der Waals surface area contributed by atoms with Crippen LogP contribution in [-0.4, -0.2) is 20.8 Å². The Labute approximate surface area is 204 Å². The Kier molecular flexibility index (Phi) is 6.14. The molecule has 0 fully saturated rings. The molecule has 3 aromatic carbocycles. The molecule has 0 aliphatic heterocycles. The zero-order valence-corrected chi connectivity index (χ0v) is 20.3. The summed E-state index contributed by atoms with van der Waals surface area (Å²) in [5.74, 6) is 0. The van der Waals surface area contributed by atoms with E-state index in [0.29, 0.717) is 6.04 Å². The first-order valence-electron chi connectivity index (χ1n) is 11.4. The molecule has 5 rings (SSSR count). The van der Waals surface area contributed by atoms with Crippen LogP contribution in [0.1, 0.15) is 19.5 Å². The lowest BCUT2D eigenvalue weighted by Gasteiger charge is -2.29. The summed E-state index contributed by atoms with van der Waals surface area (Å²) in [6.45, 7) is 6.49. The highest BCUT2D eigenvalue weighted by Gasteiger charge is 2.15. The Balaban J connectivity index is 1.33. The smallest absolute Gasteiger partial charge is 0.187 e. The van der Waals surface area contributed by atoms with Crippen molar-refractivity contribution in [2.45, 2.75) is 26.8 Å². The molecule has 0 spiro atoms. The van der Waals surface area contributed by atoms with Crippen molar-refractivity contribution in [3.05, 3.63) is 102 Å². The third-order valence-corrected chi connectivity index (χ3v) is 6.50. The molecule has 0 saturated carbocycles. The van der Waals surface area contributed by atoms with Crippen molar-refractivity contribution in [3.8, 4) is 16.9 Å². The Bertz CT molecular complexity index is 1360. The summed E-state index contributed by atoms with van der Waals surface area (Å²) in [5, 5.41) is 11.0. The van der Waals surface area contributed by atoms with Crippen LogP contribution < -0.4 is 10.2 Å². The summed E-state index contributed by atoms with van der Waals surface area (Å²) in [4.78, 5) is 7.15. The minimum absolute atomic E-state index is 0.350. The number of thiazole rings is 1. The minimum Gasteiger partial charge on any atom is -0.339 e. The first kappa shape index (κ1) is 21.9. The van der Waals surface area contributed by atoms with Gasteiger partial charge in [-0.15, -0.1) is 11.3 Å². The van der Waals surface area contributed by atoms with E-state index in [0.717, 1.165) is 39.1 Å². The Morgan fingerprint density at radius 3 is 2.18 bits per heavy atom. The van der Waals surface area contributed by atoms with Crippen molar-refractivity contribution < 1.29 is 0 Å². The second-order valence-corrected chi connectivity index (χ2v) is 9.26. The van der Waals surface area contributed by atoms with E-state index in [1.807, 2.05) is 35.1 Å². The Hall–Kier alpha value is -3.90.